The Kier molecular flexibility index (Phi) is 4.85. The van der Waals surface area contributed by atoms with Crippen LogP contribution >= 0.6 is 0 Å². The summed E-state index contributed by atoms with van der Waals surface area (Å²) in [6.07, 6.45) is 1.50. The molecule has 1 N–H and O–H groups in total. The van der Waals surface area contributed by atoms with Gasteiger partial charge in [-0.15, -0.1) is 6.58 Å². The SMILES string of the molecule is C=CCN(CC)S(=O)(=O)c1cccc(C(=O)O)c1C. The third-order valence-corrected chi connectivity index (χ3v) is 4.90. The summed E-state index contributed by atoms with van der Waals surface area (Å²) in [6.45, 7) is 7.23. The molecule has 0 radical (unpaired) electrons. The number of carboxylic acid groups (broad SMARTS) is 1. The molecule has 0 saturated heterocycles. The second-order valence-electron chi connectivity index (χ2n) is 3.98. The summed E-state index contributed by atoms with van der Waals surface area (Å²) in [5, 5.41) is 9.03. The zero-order valence-electron chi connectivity index (χ0n) is 11.0. The van der Waals surface area contributed by atoms with E-state index in [1.165, 1.54) is 35.5 Å². The van der Waals surface area contributed by atoms with Crippen LogP contribution in [0.2, 0.25) is 0 Å². The van der Waals surface area contributed by atoms with Crippen LogP contribution in [0.15, 0.2) is 35.7 Å². The summed E-state index contributed by atoms with van der Waals surface area (Å²) in [4.78, 5) is 11.1. The van der Waals surface area contributed by atoms with Crippen molar-refractivity contribution in [3.63, 3.8) is 0 Å². The Balaban J connectivity index is 3.40. The van der Waals surface area contributed by atoms with Crippen molar-refractivity contribution in [3.05, 3.63) is 42.0 Å². The minimum absolute atomic E-state index is 0.00395. The number of carbonyl (C=O) groups is 1. The van der Waals surface area contributed by atoms with E-state index in [1.807, 2.05) is 0 Å². The molecular formula is C13H17NO4S. The summed E-state index contributed by atoms with van der Waals surface area (Å²) < 4.78 is 26.1. The van der Waals surface area contributed by atoms with Crippen LogP contribution in [0.25, 0.3) is 0 Å². The van der Waals surface area contributed by atoms with Crippen LogP contribution in [0.1, 0.15) is 22.8 Å². The minimum Gasteiger partial charge on any atom is -0.478 e. The number of hydrogen-bond acceptors (Lipinski definition) is 3. The molecule has 0 aliphatic heterocycles. The smallest absolute Gasteiger partial charge is 0.335 e. The fourth-order valence-electron chi connectivity index (χ4n) is 1.81. The van der Waals surface area contributed by atoms with Crippen molar-refractivity contribution in [2.75, 3.05) is 13.1 Å². The Morgan fingerprint density at radius 3 is 2.58 bits per heavy atom. The fourth-order valence-corrected chi connectivity index (χ4v) is 3.47. The second-order valence-corrected chi connectivity index (χ2v) is 5.88. The van der Waals surface area contributed by atoms with Crippen LogP contribution in [0.4, 0.5) is 0 Å². The highest BCUT2D eigenvalue weighted by atomic mass is 32.2. The molecule has 6 heteroatoms. The molecule has 0 aliphatic carbocycles. The summed E-state index contributed by atoms with van der Waals surface area (Å²) in [7, 11) is -3.70. The van der Waals surface area contributed by atoms with Crippen molar-refractivity contribution >= 4 is 16.0 Å². The van der Waals surface area contributed by atoms with E-state index in [0.29, 0.717) is 6.54 Å². The number of nitrogens with zero attached hydrogens (tertiary/aromatic N) is 1. The molecule has 0 heterocycles. The number of carboxylic acids is 1. The van der Waals surface area contributed by atoms with Gasteiger partial charge in [0.05, 0.1) is 10.5 Å². The lowest BCUT2D eigenvalue weighted by molar-refractivity contribution is 0.0696. The van der Waals surface area contributed by atoms with Gasteiger partial charge in [0.2, 0.25) is 10.0 Å². The molecule has 0 atom stereocenters. The third-order valence-electron chi connectivity index (χ3n) is 2.82. The highest BCUT2D eigenvalue weighted by molar-refractivity contribution is 7.89. The minimum atomic E-state index is -3.70. The molecule has 0 unspecified atom stereocenters. The number of hydrogen-bond donors (Lipinski definition) is 1. The first-order valence-corrected chi connectivity index (χ1v) is 7.24. The van der Waals surface area contributed by atoms with Gasteiger partial charge in [0.25, 0.3) is 0 Å². The first kappa shape index (κ1) is 15.4. The van der Waals surface area contributed by atoms with Gasteiger partial charge in [-0.1, -0.05) is 19.1 Å². The van der Waals surface area contributed by atoms with E-state index in [0.717, 1.165) is 0 Å². The van der Waals surface area contributed by atoms with E-state index < -0.39 is 16.0 Å². The van der Waals surface area contributed by atoms with Crippen molar-refractivity contribution < 1.29 is 18.3 Å². The molecule has 0 amide bonds. The average Bonchev–Trinajstić information content (AvgIpc) is 2.35. The summed E-state index contributed by atoms with van der Waals surface area (Å²) in [6, 6.07) is 4.24. The van der Waals surface area contributed by atoms with Gasteiger partial charge in [-0.2, -0.15) is 4.31 Å². The average molecular weight is 283 g/mol. The molecule has 0 bridgehead atoms. The van der Waals surface area contributed by atoms with Crippen molar-refractivity contribution in [2.24, 2.45) is 0 Å². The van der Waals surface area contributed by atoms with E-state index in [1.54, 1.807) is 6.92 Å². The summed E-state index contributed by atoms with van der Waals surface area (Å²) in [5.41, 5.74) is 0.244. The quantitative estimate of drug-likeness (QED) is 0.809. The normalized spacial score (nSPS) is 11.5. The van der Waals surface area contributed by atoms with Gasteiger partial charge in [-0.05, 0) is 24.6 Å². The lowest BCUT2D eigenvalue weighted by atomic mass is 10.1. The molecule has 0 fully saturated rings. The van der Waals surface area contributed by atoms with Gasteiger partial charge in [-0.25, -0.2) is 13.2 Å². The van der Waals surface area contributed by atoms with E-state index >= 15 is 0 Å². The van der Waals surface area contributed by atoms with Crippen LogP contribution in [-0.4, -0.2) is 36.9 Å². The molecule has 0 saturated carbocycles. The summed E-state index contributed by atoms with van der Waals surface area (Å²) >= 11 is 0. The Labute approximate surface area is 113 Å². The van der Waals surface area contributed by atoms with Gasteiger partial charge in [0.15, 0.2) is 0 Å². The standard InChI is InChI=1S/C13H17NO4S/c1-4-9-14(5-2)19(17,18)12-8-6-7-11(10(12)3)13(15)16/h4,6-8H,1,5,9H2,2-3H3,(H,15,16). The molecular weight excluding hydrogens is 266 g/mol. The number of sulfonamides is 1. The topological polar surface area (TPSA) is 74.7 Å². The van der Waals surface area contributed by atoms with Gasteiger partial charge in [-0.3, -0.25) is 0 Å². The molecule has 0 aliphatic rings. The van der Waals surface area contributed by atoms with Crippen LogP contribution in [0.5, 0.6) is 0 Å². The Morgan fingerprint density at radius 2 is 2.11 bits per heavy atom. The first-order valence-electron chi connectivity index (χ1n) is 5.80. The second kappa shape index (κ2) is 5.99. The van der Waals surface area contributed by atoms with Crippen LogP contribution in [0, 0.1) is 6.92 Å². The predicted molar refractivity (Wildman–Crippen MR) is 72.8 cm³/mol. The largest absolute Gasteiger partial charge is 0.478 e. The van der Waals surface area contributed by atoms with Crippen molar-refractivity contribution in [1.29, 1.82) is 0 Å². The van der Waals surface area contributed by atoms with Crippen molar-refractivity contribution in [3.8, 4) is 0 Å². The fraction of sp³-hybridized carbons (Fsp3) is 0.308. The molecule has 1 rings (SSSR count). The maximum Gasteiger partial charge on any atom is 0.335 e. The molecule has 19 heavy (non-hydrogen) atoms. The molecule has 1 aromatic carbocycles. The Hall–Kier alpha value is -1.66. The maximum atomic E-state index is 12.4. The number of rotatable bonds is 6. The highest BCUT2D eigenvalue weighted by Gasteiger charge is 2.25. The highest BCUT2D eigenvalue weighted by Crippen LogP contribution is 2.22. The van der Waals surface area contributed by atoms with Crippen molar-refractivity contribution in [1.82, 2.24) is 4.31 Å². The Morgan fingerprint density at radius 1 is 1.47 bits per heavy atom. The van der Waals surface area contributed by atoms with Gasteiger partial charge >= 0.3 is 5.97 Å². The molecule has 0 aromatic heterocycles. The zero-order chi connectivity index (χ0) is 14.6. The molecule has 5 nitrogen and oxygen atoms in total. The van der Waals surface area contributed by atoms with Crippen LogP contribution < -0.4 is 0 Å². The van der Waals surface area contributed by atoms with E-state index in [4.69, 9.17) is 5.11 Å². The number of aromatic carboxylic acids is 1. The molecule has 104 valence electrons. The van der Waals surface area contributed by atoms with E-state index in [-0.39, 0.29) is 22.6 Å². The lowest BCUT2D eigenvalue weighted by Gasteiger charge is -2.20. The maximum absolute atomic E-state index is 12.4. The zero-order valence-corrected chi connectivity index (χ0v) is 11.8. The van der Waals surface area contributed by atoms with Crippen LogP contribution in [0.3, 0.4) is 0 Å². The molecule has 0 spiro atoms. The number of benzene rings is 1. The third kappa shape index (κ3) is 3.02. The van der Waals surface area contributed by atoms with Crippen LogP contribution in [-0.2, 0) is 10.0 Å². The van der Waals surface area contributed by atoms with E-state index in [2.05, 4.69) is 6.58 Å². The van der Waals surface area contributed by atoms with Crippen molar-refractivity contribution in [2.45, 2.75) is 18.7 Å². The summed E-state index contributed by atoms with van der Waals surface area (Å²) in [5.74, 6) is -1.14. The van der Waals surface area contributed by atoms with E-state index in [9.17, 15) is 13.2 Å². The lowest BCUT2D eigenvalue weighted by Crippen LogP contribution is -2.31. The van der Waals surface area contributed by atoms with Gasteiger partial charge in [0.1, 0.15) is 0 Å². The molecule has 1 aromatic rings. The Bertz CT molecular complexity index is 593. The predicted octanol–water partition coefficient (Wildman–Crippen LogP) is 1.89. The van der Waals surface area contributed by atoms with Gasteiger partial charge < -0.3 is 5.11 Å². The number of likely N-dealkylation sites (N-methyl/N-ethyl adjacent to an activating group) is 1. The monoisotopic (exact) mass is 283 g/mol. The van der Waals surface area contributed by atoms with Gasteiger partial charge in [0, 0.05) is 13.1 Å². The first-order chi connectivity index (χ1) is 8.86.